The fraction of sp³-hybridized carbons (Fsp3) is 0.308. The fourth-order valence-electron chi connectivity index (χ4n) is 1.97. The molecule has 0 amide bonds. The molecular formula is C13H13Cl3N2O2S. The lowest BCUT2D eigenvalue weighted by molar-refractivity contribution is 0.600. The molecule has 0 bridgehead atoms. The number of aromatic nitrogens is 2. The van der Waals surface area contributed by atoms with E-state index in [1.54, 1.807) is 24.3 Å². The van der Waals surface area contributed by atoms with Crippen LogP contribution < -0.4 is 0 Å². The van der Waals surface area contributed by atoms with Crippen LogP contribution in [0.2, 0.25) is 10.2 Å². The summed E-state index contributed by atoms with van der Waals surface area (Å²) < 4.78 is 24.9. The summed E-state index contributed by atoms with van der Waals surface area (Å²) in [5.74, 6) is 0.209. The van der Waals surface area contributed by atoms with Gasteiger partial charge in [-0.2, -0.15) is 5.10 Å². The molecule has 0 radical (unpaired) electrons. The van der Waals surface area contributed by atoms with E-state index in [0.717, 1.165) is 0 Å². The molecular weight excluding hydrogens is 355 g/mol. The maximum absolute atomic E-state index is 11.8. The maximum atomic E-state index is 11.8. The van der Waals surface area contributed by atoms with Crippen LogP contribution in [-0.4, -0.2) is 18.2 Å². The third kappa shape index (κ3) is 3.72. The molecule has 0 saturated carbocycles. The van der Waals surface area contributed by atoms with Gasteiger partial charge in [-0.15, -0.1) is 0 Å². The van der Waals surface area contributed by atoms with E-state index in [0.29, 0.717) is 22.8 Å². The van der Waals surface area contributed by atoms with E-state index < -0.39 is 9.05 Å². The van der Waals surface area contributed by atoms with Crippen molar-refractivity contribution in [2.75, 3.05) is 0 Å². The van der Waals surface area contributed by atoms with Crippen molar-refractivity contribution in [2.24, 2.45) is 5.92 Å². The van der Waals surface area contributed by atoms with E-state index >= 15 is 0 Å². The van der Waals surface area contributed by atoms with Crippen LogP contribution in [0.15, 0.2) is 29.2 Å². The lowest BCUT2D eigenvalue weighted by Gasteiger charge is -2.03. The van der Waals surface area contributed by atoms with Gasteiger partial charge in [-0.25, -0.2) is 13.1 Å². The predicted molar refractivity (Wildman–Crippen MR) is 85.2 cm³/mol. The lowest BCUT2D eigenvalue weighted by atomic mass is 10.1. The zero-order chi connectivity index (χ0) is 15.8. The zero-order valence-electron chi connectivity index (χ0n) is 11.3. The molecule has 0 aliphatic carbocycles. The summed E-state index contributed by atoms with van der Waals surface area (Å²) in [6.07, 6.45) is 0.453. The van der Waals surface area contributed by atoms with E-state index in [9.17, 15) is 8.42 Å². The number of halogens is 3. The predicted octanol–water partition coefficient (Wildman–Crippen LogP) is 4.31. The highest BCUT2D eigenvalue weighted by molar-refractivity contribution is 8.13. The van der Waals surface area contributed by atoms with E-state index in [4.69, 9.17) is 33.9 Å². The van der Waals surface area contributed by atoms with Crippen LogP contribution in [0.4, 0.5) is 0 Å². The Kier molecular flexibility index (Phi) is 4.88. The third-order valence-corrected chi connectivity index (χ3v) is 4.83. The summed E-state index contributed by atoms with van der Waals surface area (Å²) in [4.78, 5) is -0.139. The first-order valence-electron chi connectivity index (χ1n) is 6.18. The molecule has 0 aliphatic heterocycles. The van der Waals surface area contributed by atoms with Crippen LogP contribution in [-0.2, 0) is 15.5 Å². The minimum absolute atomic E-state index is 0.0390. The highest BCUT2D eigenvalue weighted by Crippen LogP contribution is 2.32. The van der Waals surface area contributed by atoms with Gasteiger partial charge in [0.25, 0.3) is 9.05 Å². The standard InChI is InChI=1S/C13H13Cl3N2O2S/c1-8(2)6-11-12(21(16,19)20)13(15)18(17-11)10-5-3-4-9(14)7-10/h3-5,7-8H,6H2,1-2H3. The molecule has 8 heteroatoms. The Morgan fingerprint density at radius 3 is 2.48 bits per heavy atom. The first-order valence-corrected chi connectivity index (χ1v) is 9.24. The molecule has 4 nitrogen and oxygen atoms in total. The molecule has 0 unspecified atom stereocenters. The highest BCUT2D eigenvalue weighted by atomic mass is 35.7. The molecule has 0 spiro atoms. The monoisotopic (exact) mass is 366 g/mol. The van der Waals surface area contributed by atoms with Gasteiger partial charge in [-0.05, 0) is 30.5 Å². The van der Waals surface area contributed by atoms with Crippen LogP contribution in [0, 0.1) is 5.92 Å². The van der Waals surface area contributed by atoms with Crippen LogP contribution in [0.1, 0.15) is 19.5 Å². The summed E-state index contributed by atoms with van der Waals surface area (Å²) >= 11 is 12.1. The Morgan fingerprint density at radius 2 is 1.95 bits per heavy atom. The number of hydrogen-bond donors (Lipinski definition) is 0. The molecule has 0 atom stereocenters. The normalized spacial score (nSPS) is 12.1. The molecule has 2 aromatic rings. The van der Waals surface area contributed by atoms with Crippen molar-refractivity contribution in [3.63, 3.8) is 0 Å². The third-order valence-electron chi connectivity index (χ3n) is 2.75. The van der Waals surface area contributed by atoms with Gasteiger partial charge in [0.05, 0.1) is 11.4 Å². The maximum Gasteiger partial charge on any atom is 0.266 e. The molecule has 1 aromatic carbocycles. The topological polar surface area (TPSA) is 52.0 Å². The molecule has 0 saturated heterocycles. The van der Waals surface area contributed by atoms with E-state index in [-0.39, 0.29) is 16.0 Å². The van der Waals surface area contributed by atoms with E-state index in [1.807, 2.05) is 13.8 Å². The summed E-state index contributed by atoms with van der Waals surface area (Å²) in [7, 11) is 1.51. The molecule has 114 valence electrons. The summed E-state index contributed by atoms with van der Waals surface area (Å²) in [6.45, 7) is 3.91. The van der Waals surface area contributed by atoms with Crippen molar-refractivity contribution < 1.29 is 8.42 Å². The van der Waals surface area contributed by atoms with Crippen molar-refractivity contribution in [3.8, 4) is 5.69 Å². The van der Waals surface area contributed by atoms with Crippen molar-refractivity contribution in [1.82, 2.24) is 9.78 Å². The second-order valence-electron chi connectivity index (χ2n) is 4.99. The summed E-state index contributed by atoms with van der Waals surface area (Å²) in [5, 5.41) is 4.75. The molecule has 21 heavy (non-hydrogen) atoms. The van der Waals surface area contributed by atoms with Gasteiger partial charge < -0.3 is 0 Å². The second-order valence-corrected chi connectivity index (χ2v) is 8.29. The fourth-order valence-corrected chi connectivity index (χ4v) is 4.00. The van der Waals surface area contributed by atoms with Crippen LogP contribution in [0.3, 0.4) is 0 Å². The summed E-state index contributed by atoms with van der Waals surface area (Å²) in [6, 6.07) is 6.81. The zero-order valence-corrected chi connectivity index (χ0v) is 14.4. The number of nitrogens with zero attached hydrogens (tertiary/aromatic N) is 2. The smallest absolute Gasteiger partial charge is 0.220 e. The van der Waals surface area contributed by atoms with Crippen LogP contribution in [0.25, 0.3) is 5.69 Å². The molecule has 1 heterocycles. The van der Waals surface area contributed by atoms with Crippen molar-refractivity contribution in [3.05, 3.63) is 40.1 Å². The van der Waals surface area contributed by atoms with Gasteiger partial charge in [0.2, 0.25) is 0 Å². The Balaban J connectivity index is 2.67. The summed E-state index contributed by atoms with van der Waals surface area (Å²) in [5.41, 5.74) is 0.925. The Bertz CT molecular complexity index is 770. The van der Waals surface area contributed by atoms with Crippen molar-refractivity contribution >= 4 is 42.9 Å². The van der Waals surface area contributed by atoms with Gasteiger partial charge in [0, 0.05) is 15.7 Å². The van der Waals surface area contributed by atoms with Crippen molar-refractivity contribution in [2.45, 2.75) is 25.2 Å². The lowest BCUT2D eigenvalue weighted by Crippen LogP contribution is -2.01. The van der Waals surface area contributed by atoms with Crippen LogP contribution in [0.5, 0.6) is 0 Å². The minimum atomic E-state index is -3.98. The average molecular weight is 368 g/mol. The first-order chi connectivity index (χ1) is 9.70. The largest absolute Gasteiger partial charge is 0.266 e. The van der Waals surface area contributed by atoms with Gasteiger partial charge in [-0.1, -0.05) is 43.1 Å². The molecule has 0 aliphatic rings. The quantitative estimate of drug-likeness (QED) is 0.757. The van der Waals surface area contributed by atoms with E-state index in [1.165, 1.54) is 4.68 Å². The minimum Gasteiger partial charge on any atom is -0.220 e. The molecule has 0 fully saturated rings. The SMILES string of the molecule is CC(C)Cc1nn(-c2cccc(Cl)c2)c(Cl)c1S(=O)(=O)Cl. The molecule has 2 rings (SSSR count). The molecule has 1 aromatic heterocycles. The van der Waals surface area contributed by atoms with Crippen LogP contribution >= 0.6 is 33.9 Å². The van der Waals surface area contributed by atoms with Crippen molar-refractivity contribution in [1.29, 1.82) is 0 Å². The van der Waals surface area contributed by atoms with E-state index in [2.05, 4.69) is 5.10 Å². The van der Waals surface area contributed by atoms with Gasteiger partial charge in [0.1, 0.15) is 4.90 Å². The highest BCUT2D eigenvalue weighted by Gasteiger charge is 2.27. The number of hydrogen-bond acceptors (Lipinski definition) is 3. The van der Waals surface area contributed by atoms with Gasteiger partial charge in [0.15, 0.2) is 5.15 Å². The number of rotatable bonds is 4. The second kappa shape index (κ2) is 6.16. The van der Waals surface area contributed by atoms with Gasteiger partial charge in [-0.3, -0.25) is 0 Å². The Morgan fingerprint density at radius 1 is 1.29 bits per heavy atom. The first kappa shape index (κ1) is 16.6. The molecule has 0 N–H and O–H groups in total. The number of benzene rings is 1. The average Bonchev–Trinajstić information content (AvgIpc) is 2.64. The van der Waals surface area contributed by atoms with Gasteiger partial charge >= 0.3 is 0 Å². The Hall–Kier alpha value is -0.750. The Labute approximate surface area is 138 Å².